The van der Waals surface area contributed by atoms with Crippen molar-refractivity contribution in [3.8, 4) is 10.6 Å². The number of nitrogens with one attached hydrogen (secondary N) is 1. The maximum absolute atomic E-state index is 4.31. The van der Waals surface area contributed by atoms with Gasteiger partial charge in [-0.25, -0.2) is 0 Å². The second-order valence-corrected chi connectivity index (χ2v) is 6.13. The molecule has 0 aliphatic heterocycles. The van der Waals surface area contributed by atoms with Crippen molar-refractivity contribution in [2.24, 2.45) is 0 Å². The van der Waals surface area contributed by atoms with Gasteiger partial charge in [-0.15, -0.1) is 11.3 Å². The third-order valence-electron chi connectivity index (χ3n) is 1.98. The van der Waals surface area contributed by atoms with Crippen LogP contribution in [0.2, 0.25) is 0 Å². The maximum atomic E-state index is 4.31. The molecule has 4 heteroatoms. The summed E-state index contributed by atoms with van der Waals surface area (Å²) in [6, 6.07) is 6.29. The highest BCUT2D eigenvalue weighted by atomic mass is 32.2. The lowest BCUT2D eigenvalue weighted by Gasteiger charge is -2.00. The Kier molecular flexibility index (Phi) is 3.49. The molecule has 0 aliphatic rings. The average molecular weight is 238 g/mol. The van der Waals surface area contributed by atoms with Crippen LogP contribution in [0.3, 0.4) is 0 Å². The fourth-order valence-corrected chi connectivity index (χ4v) is 2.59. The topological polar surface area (TPSA) is 28.7 Å². The monoisotopic (exact) mass is 238 g/mol. The fourth-order valence-electron chi connectivity index (χ4n) is 1.24. The number of H-pyrrole nitrogens is 1. The quantitative estimate of drug-likeness (QED) is 0.878. The summed E-state index contributed by atoms with van der Waals surface area (Å²) in [6.07, 6.45) is 0. The molecule has 0 saturated heterocycles. The second-order valence-electron chi connectivity index (χ2n) is 3.62. The van der Waals surface area contributed by atoms with Gasteiger partial charge in [-0.1, -0.05) is 19.9 Å². The van der Waals surface area contributed by atoms with Crippen LogP contribution in [-0.2, 0) is 5.75 Å². The molecule has 2 aromatic rings. The summed E-state index contributed by atoms with van der Waals surface area (Å²) in [5.41, 5.74) is 2.27. The molecule has 2 nitrogen and oxygen atoms in total. The van der Waals surface area contributed by atoms with E-state index < -0.39 is 0 Å². The summed E-state index contributed by atoms with van der Waals surface area (Å²) in [7, 11) is 0. The lowest BCUT2D eigenvalue weighted by atomic mass is 10.3. The van der Waals surface area contributed by atoms with Gasteiger partial charge < -0.3 is 0 Å². The molecule has 1 N–H and O–H groups in total. The van der Waals surface area contributed by atoms with Crippen LogP contribution in [0, 0.1) is 0 Å². The zero-order chi connectivity index (χ0) is 10.7. The van der Waals surface area contributed by atoms with Gasteiger partial charge in [0.2, 0.25) is 0 Å². The van der Waals surface area contributed by atoms with Gasteiger partial charge in [0.25, 0.3) is 0 Å². The van der Waals surface area contributed by atoms with Crippen LogP contribution in [0.15, 0.2) is 23.6 Å². The van der Waals surface area contributed by atoms with E-state index in [4.69, 9.17) is 0 Å². The molecule has 0 saturated carbocycles. The van der Waals surface area contributed by atoms with Crippen LogP contribution in [-0.4, -0.2) is 15.4 Å². The molecule has 2 rings (SSSR count). The Balaban J connectivity index is 2.04. The van der Waals surface area contributed by atoms with Crippen LogP contribution in [0.25, 0.3) is 10.6 Å². The normalized spacial score (nSPS) is 11.1. The van der Waals surface area contributed by atoms with E-state index in [1.165, 1.54) is 10.6 Å². The van der Waals surface area contributed by atoms with Gasteiger partial charge in [-0.05, 0) is 22.8 Å². The fraction of sp³-hybridized carbons (Fsp3) is 0.364. The number of aromatic amines is 1. The lowest BCUT2D eigenvalue weighted by Crippen LogP contribution is -1.88. The summed E-state index contributed by atoms with van der Waals surface area (Å²) in [5, 5.41) is 10.1. The number of nitrogens with zero attached hydrogens (tertiary/aromatic N) is 1. The molecule has 0 amide bonds. The molecule has 0 radical (unpaired) electrons. The first-order chi connectivity index (χ1) is 7.25. The third kappa shape index (κ3) is 2.86. The van der Waals surface area contributed by atoms with E-state index in [2.05, 4.69) is 47.6 Å². The Morgan fingerprint density at radius 2 is 2.40 bits per heavy atom. The first kappa shape index (κ1) is 10.8. The third-order valence-corrected chi connectivity index (χ3v) is 4.01. The molecule has 0 unspecified atom stereocenters. The number of hydrogen-bond donors (Lipinski definition) is 1. The molecule has 0 aliphatic carbocycles. The van der Waals surface area contributed by atoms with E-state index >= 15 is 0 Å². The predicted molar refractivity (Wildman–Crippen MR) is 68.3 cm³/mol. The van der Waals surface area contributed by atoms with Gasteiger partial charge >= 0.3 is 0 Å². The van der Waals surface area contributed by atoms with Gasteiger partial charge in [-0.3, -0.25) is 5.10 Å². The Hall–Kier alpha value is -0.740. The number of thiophene rings is 1. The molecule has 0 fully saturated rings. The van der Waals surface area contributed by atoms with Crippen LogP contribution >= 0.6 is 23.1 Å². The average Bonchev–Trinajstić information content (AvgIpc) is 2.85. The van der Waals surface area contributed by atoms with E-state index in [0.29, 0.717) is 5.25 Å². The first-order valence-corrected chi connectivity index (χ1v) is 6.88. The highest BCUT2D eigenvalue weighted by Crippen LogP contribution is 2.24. The van der Waals surface area contributed by atoms with Crippen molar-refractivity contribution in [2.45, 2.75) is 24.9 Å². The van der Waals surface area contributed by atoms with Crippen molar-refractivity contribution in [1.29, 1.82) is 0 Å². The molecular weight excluding hydrogens is 224 g/mol. The van der Waals surface area contributed by atoms with Gasteiger partial charge in [-0.2, -0.15) is 16.9 Å². The second kappa shape index (κ2) is 4.86. The highest BCUT2D eigenvalue weighted by molar-refractivity contribution is 7.99. The van der Waals surface area contributed by atoms with Gasteiger partial charge in [0.15, 0.2) is 0 Å². The maximum Gasteiger partial charge on any atom is 0.102 e. The van der Waals surface area contributed by atoms with Gasteiger partial charge in [0, 0.05) is 11.4 Å². The highest BCUT2D eigenvalue weighted by Gasteiger charge is 2.05. The van der Waals surface area contributed by atoms with Crippen molar-refractivity contribution >= 4 is 23.1 Å². The molecular formula is C11H14N2S2. The standard InChI is InChI=1S/C11H14N2S2/c1-8(2)15-7-9-6-10(13-12-9)11-4-3-5-14-11/h3-6,8H,7H2,1-2H3,(H,12,13). The predicted octanol–water partition coefficient (Wildman–Crippen LogP) is 3.78. The molecule has 0 atom stereocenters. The summed E-state index contributed by atoms with van der Waals surface area (Å²) in [4.78, 5) is 1.23. The number of aromatic nitrogens is 2. The Bertz CT molecular complexity index is 404. The summed E-state index contributed by atoms with van der Waals surface area (Å²) < 4.78 is 0. The SMILES string of the molecule is CC(C)SCc1cc(-c2cccs2)n[nH]1. The van der Waals surface area contributed by atoms with Crippen molar-refractivity contribution in [2.75, 3.05) is 0 Å². The van der Waals surface area contributed by atoms with E-state index in [1.54, 1.807) is 11.3 Å². The van der Waals surface area contributed by atoms with Crippen LogP contribution in [0.1, 0.15) is 19.5 Å². The van der Waals surface area contributed by atoms with Crippen LogP contribution in [0.4, 0.5) is 0 Å². The summed E-state index contributed by atoms with van der Waals surface area (Å²) in [6.45, 7) is 4.42. The minimum absolute atomic E-state index is 0.665. The summed E-state index contributed by atoms with van der Waals surface area (Å²) in [5.74, 6) is 1.01. The van der Waals surface area contributed by atoms with Gasteiger partial charge in [0.05, 0.1) is 4.88 Å². The zero-order valence-corrected chi connectivity index (χ0v) is 10.5. The van der Waals surface area contributed by atoms with E-state index in [1.807, 2.05) is 11.8 Å². The Morgan fingerprint density at radius 1 is 1.53 bits per heavy atom. The van der Waals surface area contributed by atoms with E-state index in [9.17, 15) is 0 Å². The minimum atomic E-state index is 0.665. The summed E-state index contributed by atoms with van der Waals surface area (Å²) >= 11 is 3.65. The van der Waals surface area contributed by atoms with E-state index in [-0.39, 0.29) is 0 Å². The van der Waals surface area contributed by atoms with Crippen molar-refractivity contribution in [3.05, 3.63) is 29.3 Å². The molecule has 80 valence electrons. The van der Waals surface area contributed by atoms with Crippen molar-refractivity contribution < 1.29 is 0 Å². The molecule has 0 spiro atoms. The van der Waals surface area contributed by atoms with Crippen molar-refractivity contribution in [3.63, 3.8) is 0 Å². The smallest absolute Gasteiger partial charge is 0.102 e. The van der Waals surface area contributed by atoms with E-state index in [0.717, 1.165) is 11.4 Å². The molecule has 2 aromatic heterocycles. The van der Waals surface area contributed by atoms with Crippen LogP contribution < -0.4 is 0 Å². The Morgan fingerprint density at radius 3 is 3.07 bits per heavy atom. The molecule has 0 bridgehead atoms. The molecule has 2 heterocycles. The number of thioether (sulfide) groups is 1. The van der Waals surface area contributed by atoms with Crippen molar-refractivity contribution in [1.82, 2.24) is 10.2 Å². The number of rotatable bonds is 4. The zero-order valence-electron chi connectivity index (χ0n) is 8.86. The molecule has 0 aromatic carbocycles. The lowest BCUT2D eigenvalue weighted by molar-refractivity contribution is 1.03. The minimum Gasteiger partial charge on any atom is -0.281 e. The number of hydrogen-bond acceptors (Lipinski definition) is 3. The van der Waals surface area contributed by atoms with Crippen LogP contribution in [0.5, 0.6) is 0 Å². The largest absolute Gasteiger partial charge is 0.281 e. The van der Waals surface area contributed by atoms with Gasteiger partial charge in [0.1, 0.15) is 5.69 Å². The first-order valence-electron chi connectivity index (χ1n) is 4.95. The molecule has 15 heavy (non-hydrogen) atoms. The Labute approximate surface area is 98.1 Å².